The van der Waals surface area contributed by atoms with E-state index in [0.717, 1.165) is 4.47 Å². The second-order valence-electron chi connectivity index (χ2n) is 4.58. The molecule has 1 heterocycles. The molecule has 3 rings (SSSR count). The van der Waals surface area contributed by atoms with E-state index < -0.39 is 0 Å². The average molecular weight is 410 g/mol. The maximum atomic E-state index is 12.8. The zero-order valence-corrected chi connectivity index (χ0v) is 13.9. The summed E-state index contributed by atoms with van der Waals surface area (Å²) < 4.78 is 1.50. The summed E-state index contributed by atoms with van der Waals surface area (Å²) in [5.74, 6) is -0.418. The number of benzene rings is 2. The highest BCUT2D eigenvalue weighted by atomic mass is 79.9. The Morgan fingerprint density at radius 2 is 1.90 bits per heavy atom. The van der Waals surface area contributed by atoms with Gasteiger partial charge in [-0.2, -0.15) is 0 Å². The van der Waals surface area contributed by atoms with Crippen molar-refractivity contribution in [2.75, 3.05) is 16.8 Å². The number of rotatable bonds is 1. The van der Waals surface area contributed by atoms with Crippen molar-refractivity contribution in [1.82, 2.24) is 0 Å². The average Bonchev–Trinajstić information content (AvgIpc) is 2.48. The normalized spacial score (nSPS) is 13.6. The minimum Gasteiger partial charge on any atom is -0.323 e. The standard InChI is InChI=1S/C15H10Br2N2O2/c16-9-5-6-11(17)10(7-9)15(21)19-8-14(20)18-12-3-1-2-4-13(12)19/h1-7H,8H2,(H,18,20). The highest BCUT2D eigenvalue weighted by molar-refractivity contribution is 9.11. The molecular weight excluding hydrogens is 400 g/mol. The number of nitrogens with one attached hydrogen (secondary N) is 1. The lowest BCUT2D eigenvalue weighted by Gasteiger charge is -2.29. The Morgan fingerprint density at radius 3 is 2.71 bits per heavy atom. The second-order valence-corrected chi connectivity index (χ2v) is 6.35. The summed E-state index contributed by atoms with van der Waals surface area (Å²) in [4.78, 5) is 26.1. The van der Waals surface area contributed by atoms with Gasteiger partial charge in [-0.1, -0.05) is 28.1 Å². The van der Waals surface area contributed by atoms with Crippen molar-refractivity contribution in [2.24, 2.45) is 0 Å². The Morgan fingerprint density at radius 1 is 1.14 bits per heavy atom. The Balaban J connectivity index is 2.06. The van der Waals surface area contributed by atoms with Gasteiger partial charge in [-0.3, -0.25) is 14.5 Å². The summed E-state index contributed by atoms with van der Waals surface area (Å²) in [5.41, 5.74) is 1.86. The molecule has 6 heteroatoms. The number of amides is 2. The van der Waals surface area contributed by atoms with Gasteiger partial charge in [0, 0.05) is 8.95 Å². The van der Waals surface area contributed by atoms with Gasteiger partial charge in [0.2, 0.25) is 5.91 Å². The molecule has 21 heavy (non-hydrogen) atoms. The van der Waals surface area contributed by atoms with Crippen LogP contribution in [0, 0.1) is 0 Å². The third kappa shape index (κ3) is 2.73. The Kier molecular flexibility index (Phi) is 3.82. The summed E-state index contributed by atoms with van der Waals surface area (Å²) >= 11 is 6.75. The van der Waals surface area contributed by atoms with Gasteiger partial charge in [0.1, 0.15) is 6.54 Å². The van der Waals surface area contributed by atoms with E-state index in [4.69, 9.17) is 0 Å². The van der Waals surface area contributed by atoms with Crippen molar-refractivity contribution in [2.45, 2.75) is 0 Å². The largest absolute Gasteiger partial charge is 0.323 e. The van der Waals surface area contributed by atoms with Crippen molar-refractivity contribution in [3.05, 3.63) is 57.0 Å². The molecule has 1 N–H and O–H groups in total. The number of anilines is 2. The van der Waals surface area contributed by atoms with Crippen LogP contribution in [-0.4, -0.2) is 18.4 Å². The zero-order chi connectivity index (χ0) is 15.0. The molecule has 106 valence electrons. The Hall–Kier alpha value is -1.66. The molecule has 0 saturated heterocycles. The lowest BCUT2D eigenvalue weighted by Crippen LogP contribution is -2.42. The number of carbonyl (C=O) groups excluding carboxylic acids is 2. The van der Waals surface area contributed by atoms with Crippen LogP contribution in [0.4, 0.5) is 11.4 Å². The zero-order valence-electron chi connectivity index (χ0n) is 10.8. The van der Waals surface area contributed by atoms with Gasteiger partial charge < -0.3 is 5.32 Å². The fourth-order valence-corrected chi connectivity index (χ4v) is 3.00. The van der Waals surface area contributed by atoms with Crippen LogP contribution in [0.3, 0.4) is 0 Å². The number of halogens is 2. The molecule has 0 unspecified atom stereocenters. The molecular formula is C15H10Br2N2O2. The van der Waals surface area contributed by atoms with Gasteiger partial charge >= 0.3 is 0 Å². The Labute approximate surface area is 138 Å². The fourth-order valence-electron chi connectivity index (χ4n) is 2.22. The van der Waals surface area contributed by atoms with E-state index in [0.29, 0.717) is 21.4 Å². The number of hydrogen-bond acceptors (Lipinski definition) is 2. The van der Waals surface area contributed by atoms with E-state index in [1.807, 2.05) is 24.3 Å². The lowest BCUT2D eigenvalue weighted by molar-refractivity contribution is -0.115. The molecule has 0 aliphatic carbocycles. The summed E-state index contributed by atoms with van der Waals surface area (Å²) in [6, 6.07) is 12.6. The van der Waals surface area contributed by atoms with Crippen LogP contribution in [-0.2, 0) is 4.79 Å². The summed E-state index contributed by atoms with van der Waals surface area (Å²) in [5, 5.41) is 2.77. The fraction of sp³-hybridized carbons (Fsp3) is 0.0667. The number of fused-ring (bicyclic) bond motifs is 1. The molecule has 0 atom stereocenters. The highest BCUT2D eigenvalue weighted by Gasteiger charge is 2.28. The molecule has 2 aromatic rings. The predicted octanol–water partition coefficient (Wildman–Crippen LogP) is 3.81. The van der Waals surface area contributed by atoms with Crippen molar-refractivity contribution in [1.29, 1.82) is 0 Å². The van der Waals surface area contributed by atoms with Gasteiger partial charge in [-0.05, 0) is 46.3 Å². The summed E-state index contributed by atoms with van der Waals surface area (Å²) in [7, 11) is 0. The van der Waals surface area contributed by atoms with Crippen molar-refractivity contribution < 1.29 is 9.59 Å². The summed E-state index contributed by atoms with van der Waals surface area (Å²) in [6.07, 6.45) is 0. The molecule has 4 nitrogen and oxygen atoms in total. The van der Waals surface area contributed by atoms with E-state index in [1.165, 1.54) is 4.90 Å². The predicted molar refractivity (Wildman–Crippen MR) is 88.6 cm³/mol. The van der Waals surface area contributed by atoms with Crippen LogP contribution in [0.15, 0.2) is 51.4 Å². The first-order valence-electron chi connectivity index (χ1n) is 6.22. The lowest BCUT2D eigenvalue weighted by atomic mass is 10.1. The quantitative estimate of drug-likeness (QED) is 0.778. The van der Waals surface area contributed by atoms with Crippen LogP contribution >= 0.6 is 31.9 Å². The molecule has 1 aliphatic rings. The molecule has 0 spiro atoms. The van der Waals surface area contributed by atoms with Gasteiger partial charge in [0.25, 0.3) is 5.91 Å². The molecule has 0 aromatic heterocycles. The van der Waals surface area contributed by atoms with Gasteiger partial charge in [0.05, 0.1) is 16.9 Å². The van der Waals surface area contributed by atoms with Crippen LogP contribution in [0.2, 0.25) is 0 Å². The second kappa shape index (κ2) is 5.61. The highest BCUT2D eigenvalue weighted by Crippen LogP contribution is 2.32. The van der Waals surface area contributed by atoms with E-state index >= 15 is 0 Å². The van der Waals surface area contributed by atoms with Gasteiger partial charge in [0.15, 0.2) is 0 Å². The Bertz CT molecular complexity index is 746. The van der Waals surface area contributed by atoms with Crippen LogP contribution in [0.25, 0.3) is 0 Å². The van der Waals surface area contributed by atoms with Gasteiger partial charge in [-0.25, -0.2) is 0 Å². The summed E-state index contributed by atoms with van der Waals surface area (Å²) in [6.45, 7) is 0.00873. The van der Waals surface area contributed by atoms with E-state index in [-0.39, 0.29) is 18.4 Å². The third-order valence-electron chi connectivity index (χ3n) is 3.17. The number of carbonyl (C=O) groups is 2. The third-order valence-corrected chi connectivity index (χ3v) is 4.36. The van der Waals surface area contributed by atoms with Crippen LogP contribution < -0.4 is 10.2 Å². The van der Waals surface area contributed by atoms with Crippen molar-refractivity contribution >= 4 is 55.0 Å². The minimum absolute atomic E-state index is 0.00873. The van der Waals surface area contributed by atoms with Gasteiger partial charge in [-0.15, -0.1) is 0 Å². The molecule has 0 saturated carbocycles. The molecule has 2 amide bonds. The van der Waals surface area contributed by atoms with Crippen molar-refractivity contribution in [3.8, 4) is 0 Å². The number of nitrogens with zero attached hydrogens (tertiary/aromatic N) is 1. The monoisotopic (exact) mass is 408 g/mol. The molecule has 0 bridgehead atoms. The van der Waals surface area contributed by atoms with Crippen molar-refractivity contribution in [3.63, 3.8) is 0 Å². The molecule has 1 aliphatic heterocycles. The van der Waals surface area contributed by atoms with Crippen LogP contribution in [0.5, 0.6) is 0 Å². The first-order valence-corrected chi connectivity index (χ1v) is 7.80. The molecule has 0 radical (unpaired) electrons. The van der Waals surface area contributed by atoms with Crippen LogP contribution in [0.1, 0.15) is 10.4 Å². The maximum absolute atomic E-state index is 12.8. The van der Waals surface area contributed by atoms with E-state index in [1.54, 1.807) is 18.2 Å². The topological polar surface area (TPSA) is 49.4 Å². The maximum Gasteiger partial charge on any atom is 0.260 e. The first-order chi connectivity index (χ1) is 10.1. The van der Waals surface area contributed by atoms with E-state index in [9.17, 15) is 9.59 Å². The molecule has 0 fully saturated rings. The number of para-hydroxylation sites is 2. The van der Waals surface area contributed by atoms with E-state index in [2.05, 4.69) is 37.2 Å². The molecule has 2 aromatic carbocycles. The number of hydrogen-bond donors (Lipinski definition) is 1. The minimum atomic E-state index is -0.217. The SMILES string of the molecule is O=C1CN(C(=O)c2cc(Br)ccc2Br)c2ccccc2N1. The first kappa shape index (κ1) is 14.3. The smallest absolute Gasteiger partial charge is 0.260 e.